The molecule has 2 aromatic rings. The third-order valence-electron chi connectivity index (χ3n) is 4.64. The molecule has 12 heteroatoms. The van der Waals surface area contributed by atoms with Crippen molar-refractivity contribution in [2.75, 3.05) is 0 Å². The first-order chi connectivity index (χ1) is 16.0. The van der Waals surface area contributed by atoms with E-state index in [4.69, 9.17) is 20.2 Å². The van der Waals surface area contributed by atoms with Crippen LogP contribution < -0.4 is 0 Å². The Balaban J connectivity index is 0.00000129. The number of aliphatic imine (C=N–C) groups is 3. The maximum absolute atomic E-state index is 11.1. The predicted octanol–water partition coefficient (Wildman–Crippen LogP) is 7.11. The Bertz CT molecular complexity index is 1190. The summed E-state index contributed by atoms with van der Waals surface area (Å²) in [6, 6.07) is 9.39. The minimum atomic E-state index is -0.680. The molecule has 0 saturated heterocycles. The molecule has 1 aliphatic rings. The number of nitrogens with zero attached hydrogens (tertiary/aromatic N) is 5. The van der Waals surface area contributed by atoms with Crippen LogP contribution in [0.5, 0.6) is 0 Å². The third-order valence-corrected chi connectivity index (χ3v) is 4.64. The fourth-order valence-corrected chi connectivity index (χ4v) is 3.27. The van der Waals surface area contributed by atoms with E-state index >= 15 is 0 Å². The average molecular weight is 546 g/mol. The molecule has 9 nitrogen and oxygen atoms in total. The van der Waals surface area contributed by atoms with Gasteiger partial charge >= 0.3 is 33.3 Å². The number of nitro groups is 2. The van der Waals surface area contributed by atoms with Crippen LogP contribution in [-0.4, -0.2) is 27.0 Å². The fourth-order valence-electron chi connectivity index (χ4n) is 3.27. The summed E-state index contributed by atoms with van der Waals surface area (Å²) in [6.45, 7) is 7.64. The van der Waals surface area contributed by atoms with Gasteiger partial charge in [0.05, 0.1) is 50.1 Å². The van der Waals surface area contributed by atoms with Crippen molar-refractivity contribution in [1.29, 1.82) is 0 Å². The number of hydrogen-bond acceptors (Lipinski definition) is 7. The van der Waals surface area contributed by atoms with E-state index in [9.17, 15) is 20.2 Å². The van der Waals surface area contributed by atoms with Crippen LogP contribution in [0.25, 0.3) is 0 Å². The summed E-state index contributed by atoms with van der Waals surface area (Å²) in [5, 5.41) is 22.1. The first kappa shape index (κ1) is 27.3. The van der Waals surface area contributed by atoms with Crippen molar-refractivity contribution in [1.82, 2.24) is 0 Å². The van der Waals surface area contributed by atoms with Crippen molar-refractivity contribution < 1.29 is 23.0 Å². The molecule has 0 radical (unpaired) electrons. The van der Waals surface area contributed by atoms with Crippen LogP contribution in [0.1, 0.15) is 31.4 Å². The number of allylic oxidation sites excluding steroid dienone is 2. The number of non-ortho nitro benzene ring substituents is 2. The molecule has 1 aliphatic heterocycles. The number of nitro benzene ring substituents is 2. The molecule has 0 N–H and O–H groups in total. The summed E-state index contributed by atoms with van der Waals surface area (Å²) in [4.78, 5) is 34.4. The Kier molecular flexibility index (Phi) is 10.1. The summed E-state index contributed by atoms with van der Waals surface area (Å²) < 4.78 is 0. The molecule has 180 valence electrons. The van der Waals surface area contributed by atoms with Gasteiger partial charge in [-0.05, 0) is 51.0 Å². The van der Waals surface area contributed by atoms with Gasteiger partial charge in [0.1, 0.15) is 0 Å². The van der Waals surface area contributed by atoms with E-state index in [2.05, 4.69) is 21.0 Å². The number of benzene rings is 2. The molecule has 3 rings (SSSR count). The standard InChI is InChI=1S/C22H21N5O4.2ClH.Fe/c1-13-7-14(2)9-17(8-13)23-15(3)21-5-6-22(25-21)16(4)24-18-10-19(26(28)29)12-20(11-18)27(30)31;;;/h5,7-12H,6H2,1-4H3;2*1H;/q;;;+2/p-2. The van der Waals surface area contributed by atoms with Gasteiger partial charge in [-0.15, -0.1) is 0 Å². The Hall–Kier alpha value is -2.91. The molecule has 0 aromatic heterocycles. The van der Waals surface area contributed by atoms with Gasteiger partial charge in [-0.3, -0.25) is 30.2 Å². The van der Waals surface area contributed by atoms with Gasteiger partial charge in [0.15, 0.2) is 0 Å². The monoisotopic (exact) mass is 545 g/mol. The topological polar surface area (TPSA) is 123 Å². The van der Waals surface area contributed by atoms with Gasteiger partial charge in [-0.2, -0.15) is 0 Å². The molecule has 0 atom stereocenters. The first-order valence-electron chi connectivity index (χ1n) is 9.80. The zero-order valence-electron chi connectivity index (χ0n) is 18.7. The van der Waals surface area contributed by atoms with E-state index in [0.717, 1.165) is 34.3 Å². The van der Waals surface area contributed by atoms with Gasteiger partial charge < -0.3 is 0 Å². The predicted molar refractivity (Wildman–Crippen MR) is 133 cm³/mol. The van der Waals surface area contributed by atoms with Crippen LogP contribution in [0, 0.1) is 34.1 Å². The van der Waals surface area contributed by atoms with Gasteiger partial charge in [0, 0.05) is 18.6 Å². The van der Waals surface area contributed by atoms with E-state index < -0.39 is 9.85 Å². The molecule has 0 spiro atoms. The van der Waals surface area contributed by atoms with Gasteiger partial charge in [-0.25, -0.2) is 4.99 Å². The maximum atomic E-state index is 11.1. The van der Waals surface area contributed by atoms with E-state index in [1.165, 1.54) is 12.1 Å². The van der Waals surface area contributed by atoms with Crippen LogP contribution >= 0.6 is 20.2 Å². The van der Waals surface area contributed by atoms with Crippen molar-refractivity contribution in [3.05, 3.63) is 79.5 Å². The van der Waals surface area contributed by atoms with E-state index in [1.807, 2.05) is 39.0 Å². The van der Waals surface area contributed by atoms with Gasteiger partial charge in [0.25, 0.3) is 11.4 Å². The average Bonchev–Trinajstić information content (AvgIpc) is 3.24. The van der Waals surface area contributed by atoms with Crippen molar-refractivity contribution in [3.8, 4) is 0 Å². The SMILES string of the molecule is CC(=Nc1cc(C)cc(C)c1)C1=CCC(C(C)=Nc2cc([N+](=O)[O-])cc([N+](=O)[O-])c2)=N1.[Cl][Fe][Cl]. The summed E-state index contributed by atoms with van der Waals surface area (Å²) in [5.41, 5.74) is 5.18. The molecule has 0 aliphatic carbocycles. The molecule has 0 unspecified atom stereocenters. The van der Waals surface area contributed by atoms with Crippen LogP contribution in [0.2, 0.25) is 0 Å². The third kappa shape index (κ3) is 7.85. The summed E-state index contributed by atoms with van der Waals surface area (Å²) in [5.74, 6) is 0. The van der Waals surface area contributed by atoms with E-state index in [1.54, 1.807) is 6.92 Å². The van der Waals surface area contributed by atoms with Crippen molar-refractivity contribution in [3.63, 3.8) is 0 Å². The number of hydrogen-bond donors (Lipinski definition) is 0. The van der Waals surface area contributed by atoms with Gasteiger partial charge in [-0.1, -0.05) is 12.1 Å². The molecular formula is C22H21Cl2FeN5O4. The molecule has 2 aromatic carbocycles. The quantitative estimate of drug-likeness (QED) is 0.166. The number of aryl methyl sites for hydroxylation is 2. The molecule has 0 bridgehead atoms. The van der Waals surface area contributed by atoms with Crippen LogP contribution in [-0.2, 0) is 13.1 Å². The van der Waals surface area contributed by atoms with Crippen LogP contribution in [0.15, 0.2) is 63.1 Å². The molecule has 0 saturated carbocycles. The number of rotatable bonds is 6. The summed E-state index contributed by atoms with van der Waals surface area (Å²) in [7, 11) is 9.53. The second-order valence-electron chi connectivity index (χ2n) is 7.36. The molecular weight excluding hydrogens is 525 g/mol. The van der Waals surface area contributed by atoms with E-state index in [-0.39, 0.29) is 30.2 Å². The zero-order valence-corrected chi connectivity index (χ0v) is 21.3. The zero-order chi connectivity index (χ0) is 25.4. The Morgan fingerprint density at radius 1 is 0.882 bits per heavy atom. The van der Waals surface area contributed by atoms with Crippen LogP contribution in [0.4, 0.5) is 22.7 Å². The van der Waals surface area contributed by atoms with Crippen molar-refractivity contribution in [2.24, 2.45) is 15.0 Å². The Morgan fingerprint density at radius 3 is 1.85 bits per heavy atom. The molecule has 34 heavy (non-hydrogen) atoms. The minimum absolute atomic E-state index is 0.134. The normalized spacial score (nSPS) is 13.7. The van der Waals surface area contributed by atoms with Crippen LogP contribution in [0.3, 0.4) is 0 Å². The summed E-state index contributed by atoms with van der Waals surface area (Å²) in [6.07, 6.45) is 2.47. The second kappa shape index (κ2) is 12.5. The number of halogens is 2. The summed E-state index contributed by atoms with van der Waals surface area (Å²) >= 11 is 0.194. The van der Waals surface area contributed by atoms with Gasteiger partial charge in [0.2, 0.25) is 0 Å². The molecule has 0 amide bonds. The van der Waals surface area contributed by atoms with Crippen molar-refractivity contribution >= 4 is 60.1 Å². The first-order valence-corrected chi connectivity index (χ1v) is 12.8. The van der Waals surface area contributed by atoms with Crippen molar-refractivity contribution in [2.45, 2.75) is 34.1 Å². The second-order valence-corrected chi connectivity index (χ2v) is 9.19. The fraction of sp³-hybridized carbons (Fsp3) is 0.227. The Morgan fingerprint density at radius 2 is 1.35 bits per heavy atom. The Labute approximate surface area is 211 Å². The molecule has 0 fully saturated rings. The van der Waals surface area contributed by atoms with E-state index in [0.29, 0.717) is 17.8 Å². The molecule has 1 heterocycles.